The molecule has 1 amide bonds. The number of rotatable bonds is 6. The Morgan fingerprint density at radius 2 is 1.89 bits per heavy atom. The fraction of sp³-hybridized carbons (Fsp3) is 0.190. The first-order chi connectivity index (χ1) is 13.0. The molecule has 3 rings (SSSR count). The van der Waals surface area contributed by atoms with Gasteiger partial charge < -0.3 is 10.6 Å². The molecule has 0 aliphatic rings. The van der Waals surface area contributed by atoms with Crippen LogP contribution in [-0.4, -0.2) is 22.4 Å². The zero-order valence-corrected chi connectivity index (χ0v) is 15.3. The summed E-state index contributed by atoms with van der Waals surface area (Å²) in [6.07, 6.45) is 1.76. The van der Waals surface area contributed by atoms with Gasteiger partial charge in [-0.25, -0.2) is 14.4 Å². The molecule has 1 aromatic heterocycles. The van der Waals surface area contributed by atoms with Gasteiger partial charge in [-0.05, 0) is 43.5 Å². The van der Waals surface area contributed by atoms with Gasteiger partial charge in [0, 0.05) is 18.3 Å². The van der Waals surface area contributed by atoms with Crippen molar-refractivity contribution >= 4 is 17.4 Å². The number of hydrogen-bond donors (Lipinski definition) is 2. The largest absolute Gasteiger partial charge is 0.350 e. The lowest BCUT2D eigenvalue weighted by molar-refractivity contribution is 0.0949. The number of nitrogens with zero attached hydrogens (tertiary/aromatic N) is 2. The van der Waals surface area contributed by atoms with Crippen molar-refractivity contribution in [2.24, 2.45) is 0 Å². The number of nitrogens with one attached hydrogen (secondary N) is 2. The second-order valence-electron chi connectivity index (χ2n) is 6.33. The first kappa shape index (κ1) is 18.5. The van der Waals surface area contributed by atoms with Crippen molar-refractivity contribution in [2.45, 2.75) is 20.3 Å². The average molecular weight is 364 g/mol. The molecule has 27 heavy (non-hydrogen) atoms. The number of aryl methyl sites for hydroxylation is 2. The van der Waals surface area contributed by atoms with E-state index >= 15 is 0 Å². The Hall–Kier alpha value is -3.28. The Bertz CT molecular complexity index is 958. The normalized spacial score (nSPS) is 10.5. The zero-order chi connectivity index (χ0) is 19.2. The van der Waals surface area contributed by atoms with Crippen LogP contribution in [0, 0.1) is 19.7 Å². The number of carbonyl (C=O) groups is 1. The van der Waals surface area contributed by atoms with Crippen LogP contribution in [0.1, 0.15) is 27.2 Å². The Morgan fingerprint density at radius 3 is 2.67 bits per heavy atom. The standard InChI is InChI=1S/C21H21FN4O/c1-14-7-8-18(15(2)11-14)26-20-12-19(24-13-25-20)21(27)23-10-9-16-5-3-4-6-17(16)22/h3-8,11-13H,9-10H2,1-2H3,(H,23,27)(H,24,25,26). The molecule has 0 aliphatic carbocycles. The van der Waals surface area contributed by atoms with Crippen molar-refractivity contribution in [3.8, 4) is 0 Å². The van der Waals surface area contributed by atoms with Crippen LogP contribution < -0.4 is 10.6 Å². The lowest BCUT2D eigenvalue weighted by Crippen LogP contribution is -2.26. The van der Waals surface area contributed by atoms with E-state index in [1.807, 2.05) is 26.0 Å². The third-order valence-electron chi connectivity index (χ3n) is 4.18. The molecule has 0 spiro atoms. The third-order valence-corrected chi connectivity index (χ3v) is 4.18. The van der Waals surface area contributed by atoms with E-state index in [1.165, 1.54) is 18.0 Å². The highest BCUT2D eigenvalue weighted by Gasteiger charge is 2.10. The predicted molar refractivity (Wildman–Crippen MR) is 104 cm³/mol. The van der Waals surface area contributed by atoms with E-state index in [1.54, 1.807) is 24.3 Å². The summed E-state index contributed by atoms with van der Waals surface area (Å²) in [5.74, 6) is -0.0534. The minimum Gasteiger partial charge on any atom is -0.350 e. The summed E-state index contributed by atoms with van der Waals surface area (Å²) in [5, 5.41) is 5.96. The minimum atomic E-state index is -0.322. The number of amides is 1. The summed E-state index contributed by atoms with van der Waals surface area (Å²) in [7, 11) is 0. The van der Waals surface area contributed by atoms with Gasteiger partial charge in [-0.1, -0.05) is 35.9 Å². The van der Waals surface area contributed by atoms with Gasteiger partial charge in [0.25, 0.3) is 5.91 Å². The van der Waals surface area contributed by atoms with Crippen LogP contribution in [0.15, 0.2) is 54.9 Å². The molecule has 138 valence electrons. The van der Waals surface area contributed by atoms with Gasteiger partial charge in [0.2, 0.25) is 0 Å². The van der Waals surface area contributed by atoms with E-state index in [-0.39, 0.29) is 17.4 Å². The lowest BCUT2D eigenvalue weighted by Gasteiger charge is -2.10. The van der Waals surface area contributed by atoms with Crippen molar-refractivity contribution < 1.29 is 9.18 Å². The molecule has 2 N–H and O–H groups in total. The lowest BCUT2D eigenvalue weighted by atomic mass is 10.1. The number of carbonyl (C=O) groups excluding carboxylic acids is 1. The summed E-state index contributed by atoms with van der Waals surface area (Å²) in [6, 6.07) is 14.2. The predicted octanol–water partition coefficient (Wildman–Crippen LogP) is 3.95. The van der Waals surface area contributed by atoms with E-state index in [0.29, 0.717) is 24.3 Å². The van der Waals surface area contributed by atoms with Gasteiger partial charge >= 0.3 is 0 Å². The Morgan fingerprint density at radius 1 is 1.07 bits per heavy atom. The Kier molecular flexibility index (Phi) is 5.76. The molecule has 6 heteroatoms. The minimum absolute atomic E-state index is 0.255. The maximum Gasteiger partial charge on any atom is 0.270 e. The Balaban J connectivity index is 1.62. The van der Waals surface area contributed by atoms with Crippen molar-refractivity contribution in [3.63, 3.8) is 0 Å². The smallest absolute Gasteiger partial charge is 0.270 e. The van der Waals surface area contributed by atoms with Crippen LogP contribution in [0.2, 0.25) is 0 Å². The molecule has 0 aliphatic heterocycles. The number of halogens is 1. The molecule has 3 aromatic rings. The van der Waals surface area contributed by atoms with E-state index in [9.17, 15) is 9.18 Å². The summed E-state index contributed by atoms with van der Waals surface area (Å²) in [4.78, 5) is 20.5. The van der Waals surface area contributed by atoms with Crippen molar-refractivity contribution in [1.82, 2.24) is 15.3 Å². The van der Waals surface area contributed by atoms with E-state index in [4.69, 9.17) is 0 Å². The maximum absolute atomic E-state index is 13.6. The number of hydrogen-bond acceptors (Lipinski definition) is 4. The van der Waals surface area contributed by atoms with Gasteiger partial charge in [0.05, 0.1) is 0 Å². The topological polar surface area (TPSA) is 66.9 Å². The quantitative estimate of drug-likeness (QED) is 0.695. The van der Waals surface area contributed by atoms with Crippen molar-refractivity contribution in [3.05, 3.63) is 83.1 Å². The summed E-state index contributed by atoms with van der Waals surface area (Å²) < 4.78 is 13.6. The van der Waals surface area contributed by atoms with E-state index < -0.39 is 0 Å². The summed E-state index contributed by atoms with van der Waals surface area (Å²) in [5.41, 5.74) is 4.01. The number of benzene rings is 2. The molecule has 5 nitrogen and oxygen atoms in total. The van der Waals surface area contributed by atoms with E-state index in [2.05, 4.69) is 26.7 Å². The molecular formula is C21H21FN4O. The third kappa shape index (κ3) is 4.88. The summed E-state index contributed by atoms with van der Waals surface area (Å²) >= 11 is 0. The summed E-state index contributed by atoms with van der Waals surface area (Å²) in [6.45, 7) is 4.36. The fourth-order valence-electron chi connectivity index (χ4n) is 2.74. The molecule has 0 saturated heterocycles. The van der Waals surface area contributed by atoms with Crippen LogP contribution >= 0.6 is 0 Å². The van der Waals surface area contributed by atoms with Crippen LogP contribution in [0.25, 0.3) is 0 Å². The zero-order valence-electron chi connectivity index (χ0n) is 15.3. The van der Waals surface area contributed by atoms with Gasteiger partial charge in [-0.3, -0.25) is 4.79 Å². The second kappa shape index (κ2) is 8.40. The van der Waals surface area contributed by atoms with Gasteiger partial charge in [0.15, 0.2) is 0 Å². The molecule has 0 atom stereocenters. The molecule has 0 unspecified atom stereocenters. The first-order valence-corrected chi connectivity index (χ1v) is 8.71. The average Bonchev–Trinajstić information content (AvgIpc) is 2.66. The monoisotopic (exact) mass is 364 g/mol. The van der Waals surface area contributed by atoms with E-state index in [0.717, 1.165) is 11.3 Å². The fourth-order valence-corrected chi connectivity index (χ4v) is 2.74. The molecular weight excluding hydrogens is 343 g/mol. The van der Waals surface area contributed by atoms with Crippen LogP contribution in [0.5, 0.6) is 0 Å². The second-order valence-corrected chi connectivity index (χ2v) is 6.33. The molecule has 0 fully saturated rings. The molecule has 0 radical (unpaired) electrons. The van der Waals surface area contributed by atoms with Crippen molar-refractivity contribution in [1.29, 1.82) is 0 Å². The highest BCUT2D eigenvalue weighted by Crippen LogP contribution is 2.20. The van der Waals surface area contributed by atoms with Crippen LogP contribution in [0.3, 0.4) is 0 Å². The van der Waals surface area contributed by atoms with Crippen molar-refractivity contribution in [2.75, 3.05) is 11.9 Å². The number of aromatic nitrogens is 2. The van der Waals surface area contributed by atoms with Crippen LogP contribution in [-0.2, 0) is 6.42 Å². The molecule has 2 aromatic carbocycles. The maximum atomic E-state index is 13.6. The Labute approximate surface area is 157 Å². The van der Waals surface area contributed by atoms with Crippen LogP contribution in [0.4, 0.5) is 15.9 Å². The van der Waals surface area contributed by atoms with Gasteiger partial charge in [-0.15, -0.1) is 0 Å². The molecule has 0 saturated carbocycles. The van der Waals surface area contributed by atoms with Gasteiger partial charge in [0.1, 0.15) is 23.7 Å². The first-order valence-electron chi connectivity index (χ1n) is 8.71. The highest BCUT2D eigenvalue weighted by molar-refractivity contribution is 5.93. The molecule has 0 bridgehead atoms. The SMILES string of the molecule is Cc1ccc(Nc2cc(C(=O)NCCc3ccccc3F)ncn2)c(C)c1. The number of anilines is 2. The highest BCUT2D eigenvalue weighted by atomic mass is 19.1. The van der Waals surface area contributed by atoms with Gasteiger partial charge in [-0.2, -0.15) is 0 Å². The molecule has 1 heterocycles.